The summed E-state index contributed by atoms with van der Waals surface area (Å²) < 4.78 is 7.20. The number of hydrogen-bond acceptors (Lipinski definition) is 4. The average molecular weight is 287 g/mol. The van der Waals surface area contributed by atoms with Crippen LogP contribution in [0.4, 0.5) is 0 Å². The van der Waals surface area contributed by atoms with Crippen molar-refractivity contribution < 1.29 is 4.74 Å². The minimum absolute atomic E-state index is 0.376. The van der Waals surface area contributed by atoms with Gasteiger partial charge in [-0.15, -0.1) is 5.10 Å². The van der Waals surface area contributed by atoms with Gasteiger partial charge in [0.2, 0.25) is 0 Å². The van der Waals surface area contributed by atoms with E-state index in [9.17, 15) is 0 Å². The molecular formula is C11H12Cl2N4O. The summed E-state index contributed by atoms with van der Waals surface area (Å²) in [6.45, 7) is 1.37. The largest absolute Gasteiger partial charge is 0.490 e. The molecule has 96 valence electrons. The van der Waals surface area contributed by atoms with Gasteiger partial charge in [-0.05, 0) is 12.1 Å². The van der Waals surface area contributed by atoms with E-state index in [0.717, 1.165) is 5.69 Å². The number of rotatable bonds is 5. The van der Waals surface area contributed by atoms with E-state index in [1.807, 2.05) is 0 Å². The van der Waals surface area contributed by atoms with Gasteiger partial charge in [0.25, 0.3) is 0 Å². The Labute approximate surface area is 114 Å². The van der Waals surface area contributed by atoms with Crippen LogP contribution in [0.25, 0.3) is 0 Å². The number of ether oxygens (including phenoxy) is 1. The van der Waals surface area contributed by atoms with E-state index in [-0.39, 0.29) is 0 Å². The normalized spacial score (nSPS) is 10.6. The summed E-state index contributed by atoms with van der Waals surface area (Å²) >= 11 is 11.9. The number of hydrogen-bond donors (Lipinski definition) is 1. The third kappa shape index (κ3) is 3.13. The smallest absolute Gasteiger partial charge is 0.139 e. The first-order chi connectivity index (χ1) is 8.70. The van der Waals surface area contributed by atoms with Crippen LogP contribution in [0.3, 0.4) is 0 Å². The van der Waals surface area contributed by atoms with Gasteiger partial charge in [-0.1, -0.05) is 34.5 Å². The zero-order valence-corrected chi connectivity index (χ0v) is 11.0. The highest BCUT2D eigenvalue weighted by Crippen LogP contribution is 2.31. The highest BCUT2D eigenvalue weighted by atomic mass is 35.5. The van der Waals surface area contributed by atoms with E-state index < -0.39 is 0 Å². The van der Waals surface area contributed by atoms with Gasteiger partial charge in [0.1, 0.15) is 17.4 Å². The molecule has 0 amide bonds. The van der Waals surface area contributed by atoms with Gasteiger partial charge in [-0.25, -0.2) is 4.68 Å². The van der Waals surface area contributed by atoms with E-state index in [1.54, 1.807) is 29.1 Å². The van der Waals surface area contributed by atoms with Crippen molar-refractivity contribution in [1.29, 1.82) is 0 Å². The molecule has 5 nitrogen and oxygen atoms in total. The van der Waals surface area contributed by atoms with Gasteiger partial charge in [-0.3, -0.25) is 0 Å². The Balaban J connectivity index is 1.90. The Morgan fingerprint density at radius 1 is 1.33 bits per heavy atom. The average Bonchev–Trinajstić information content (AvgIpc) is 2.82. The molecule has 0 bridgehead atoms. The molecule has 0 aliphatic carbocycles. The summed E-state index contributed by atoms with van der Waals surface area (Å²) in [7, 11) is 0. The molecule has 1 aromatic carbocycles. The Hall–Kier alpha value is -1.30. The first-order valence-corrected chi connectivity index (χ1v) is 6.12. The second-order valence-corrected chi connectivity index (χ2v) is 4.36. The molecule has 0 aliphatic heterocycles. The van der Waals surface area contributed by atoms with Crippen LogP contribution in [-0.2, 0) is 13.1 Å². The second-order valence-electron chi connectivity index (χ2n) is 3.58. The van der Waals surface area contributed by atoms with Crippen LogP contribution >= 0.6 is 23.2 Å². The van der Waals surface area contributed by atoms with Crippen molar-refractivity contribution in [3.8, 4) is 5.75 Å². The van der Waals surface area contributed by atoms with Crippen LogP contribution in [0.15, 0.2) is 24.4 Å². The fourth-order valence-corrected chi connectivity index (χ4v) is 1.73. The molecule has 2 N–H and O–H groups in total. The van der Waals surface area contributed by atoms with Crippen molar-refractivity contribution >= 4 is 23.2 Å². The molecule has 0 unspecified atom stereocenters. The number of nitrogens with two attached hydrogens (primary N) is 1. The molecule has 1 aromatic heterocycles. The van der Waals surface area contributed by atoms with E-state index in [0.29, 0.717) is 35.5 Å². The van der Waals surface area contributed by atoms with E-state index in [4.69, 9.17) is 33.7 Å². The number of aromatic nitrogens is 3. The standard InChI is InChI=1S/C11H12Cl2N4O/c12-9-2-1-3-10(11(9)13)18-5-4-17-7-8(6-14)15-16-17/h1-3,7H,4-6,14H2. The molecule has 0 atom stereocenters. The zero-order valence-electron chi connectivity index (χ0n) is 9.51. The first kappa shape index (κ1) is 13.1. The van der Waals surface area contributed by atoms with Crippen LogP contribution in [0.5, 0.6) is 5.75 Å². The predicted molar refractivity (Wildman–Crippen MR) is 69.9 cm³/mol. The van der Waals surface area contributed by atoms with Crippen LogP contribution in [-0.4, -0.2) is 21.6 Å². The maximum Gasteiger partial charge on any atom is 0.139 e. The van der Waals surface area contributed by atoms with Gasteiger partial charge < -0.3 is 10.5 Å². The quantitative estimate of drug-likeness (QED) is 0.914. The summed E-state index contributed by atoms with van der Waals surface area (Å²) in [6, 6.07) is 5.26. The molecule has 0 saturated carbocycles. The third-order valence-electron chi connectivity index (χ3n) is 2.29. The predicted octanol–water partition coefficient (Wildman–Crippen LogP) is 2.12. The van der Waals surface area contributed by atoms with E-state index in [2.05, 4.69) is 10.3 Å². The van der Waals surface area contributed by atoms with Crippen LogP contribution in [0, 0.1) is 0 Å². The molecule has 2 rings (SSSR count). The summed E-state index contributed by atoms with van der Waals surface area (Å²) in [5, 5.41) is 8.67. The maximum atomic E-state index is 5.99. The molecule has 7 heteroatoms. The van der Waals surface area contributed by atoms with Crippen molar-refractivity contribution in [2.75, 3.05) is 6.61 Å². The Morgan fingerprint density at radius 3 is 2.89 bits per heavy atom. The molecule has 0 saturated heterocycles. The van der Waals surface area contributed by atoms with Crippen LogP contribution < -0.4 is 10.5 Å². The fraction of sp³-hybridized carbons (Fsp3) is 0.273. The van der Waals surface area contributed by atoms with Gasteiger partial charge in [-0.2, -0.15) is 0 Å². The maximum absolute atomic E-state index is 5.99. The third-order valence-corrected chi connectivity index (χ3v) is 3.09. The van der Waals surface area contributed by atoms with Crippen molar-refractivity contribution in [3.63, 3.8) is 0 Å². The molecule has 2 aromatic rings. The highest BCUT2D eigenvalue weighted by Gasteiger charge is 2.05. The number of halogens is 2. The van der Waals surface area contributed by atoms with Gasteiger partial charge >= 0.3 is 0 Å². The molecule has 0 aliphatic rings. The number of benzene rings is 1. The minimum Gasteiger partial charge on any atom is -0.490 e. The molecule has 18 heavy (non-hydrogen) atoms. The summed E-state index contributed by atoms with van der Waals surface area (Å²) in [5.74, 6) is 0.559. The lowest BCUT2D eigenvalue weighted by atomic mass is 10.3. The van der Waals surface area contributed by atoms with Crippen LogP contribution in [0.1, 0.15) is 5.69 Å². The van der Waals surface area contributed by atoms with Gasteiger partial charge in [0.05, 0.1) is 17.3 Å². The fourth-order valence-electron chi connectivity index (χ4n) is 1.39. The Morgan fingerprint density at radius 2 is 2.17 bits per heavy atom. The number of nitrogens with zero attached hydrogens (tertiary/aromatic N) is 3. The highest BCUT2D eigenvalue weighted by molar-refractivity contribution is 6.42. The van der Waals surface area contributed by atoms with Gasteiger partial charge in [0, 0.05) is 12.7 Å². The topological polar surface area (TPSA) is 66.0 Å². The zero-order chi connectivity index (χ0) is 13.0. The summed E-state index contributed by atoms with van der Waals surface area (Å²) in [6.07, 6.45) is 1.78. The molecular weight excluding hydrogens is 275 g/mol. The lowest BCUT2D eigenvalue weighted by molar-refractivity contribution is 0.290. The summed E-state index contributed by atoms with van der Waals surface area (Å²) in [5.41, 5.74) is 6.19. The lowest BCUT2D eigenvalue weighted by Crippen LogP contribution is -2.09. The van der Waals surface area contributed by atoms with E-state index >= 15 is 0 Å². The Kier molecular flexibility index (Phi) is 4.41. The second kappa shape index (κ2) is 6.04. The van der Waals surface area contributed by atoms with Crippen molar-refractivity contribution in [3.05, 3.63) is 40.1 Å². The van der Waals surface area contributed by atoms with Crippen molar-refractivity contribution in [2.45, 2.75) is 13.1 Å². The molecule has 0 spiro atoms. The first-order valence-electron chi connectivity index (χ1n) is 5.36. The lowest BCUT2D eigenvalue weighted by Gasteiger charge is -2.08. The minimum atomic E-state index is 0.376. The van der Waals surface area contributed by atoms with E-state index in [1.165, 1.54) is 0 Å². The monoisotopic (exact) mass is 286 g/mol. The van der Waals surface area contributed by atoms with Gasteiger partial charge in [0.15, 0.2) is 0 Å². The van der Waals surface area contributed by atoms with Crippen molar-refractivity contribution in [1.82, 2.24) is 15.0 Å². The molecule has 1 heterocycles. The van der Waals surface area contributed by atoms with Crippen LogP contribution in [0.2, 0.25) is 10.0 Å². The molecule has 0 radical (unpaired) electrons. The molecule has 0 fully saturated rings. The SMILES string of the molecule is NCc1cn(CCOc2cccc(Cl)c2Cl)nn1. The Bertz CT molecular complexity index is 530. The van der Waals surface area contributed by atoms with Crippen molar-refractivity contribution in [2.24, 2.45) is 5.73 Å². The summed E-state index contributed by atoms with van der Waals surface area (Å²) in [4.78, 5) is 0.